The van der Waals surface area contributed by atoms with E-state index >= 15 is 0 Å². The van der Waals surface area contributed by atoms with Crippen LogP contribution in [0.3, 0.4) is 0 Å². The minimum Gasteiger partial charge on any atom is -0.374 e. The van der Waals surface area contributed by atoms with Crippen LogP contribution in [0.15, 0.2) is 30.3 Å². The quantitative estimate of drug-likeness (QED) is 0.438. The first-order chi connectivity index (χ1) is 12.8. The second kappa shape index (κ2) is 12.8. The number of benzene rings is 1. The Morgan fingerprint density at radius 2 is 1.50 bits per heavy atom. The average Bonchev–Trinajstić information content (AvgIpc) is 3.21. The molecule has 0 bridgehead atoms. The number of rotatable bonds is 13. The second-order valence-corrected chi connectivity index (χ2v) is 7.71. The molecule has 1 N–H and O–H groups in total. The largest absolute Gasteiger partial charge is 0.374 e. The fourth-order valence-electron chi connectivity index (χ4n) is 3.81. The third-order valence-electron chi connectivity index (χ3n) is 5.43. The standard InChI is InChI=1S/C23H38N2O/c1-2-3-4-5-6-7-8-9-13-18-22(23(26)25-19-14-15-20-25)24-21-16-11-10-12-17-21/h10-12,16-17,22,24H,2-9,13-15,18-20H2,1H3/t22-/m1/s1. The number of amides is 1. The minimum atomic E-state index is -0.0694. The Morgan fingerprint density at radius 1 is 0.923 bits per heavy atom. The molecule has 1 heterocycles. The summed E-state index contributed by atoms with van der Waals surface area (Å²) in [5.74, 6) is 0.297. The van der Waals surface area contributed by atoms with Crippen molar-refractivity contribution >= 4 is 11.6 Å². The van der Waals surface area contributed by atoms with Crippen LogP contribution in [0, 0.1) is 0 Å². The molecule has 0 aliphatic carbocycles. The van der Waals surface area contributed by atoms with Gasteiger partial charge >= 0.3 is 0 Å². The number of unbranched alkanes of at least 4 members (excludes halogenated alkanes) is 8. The van der Waals surface area contributed by atoms with Gasteiger partial charge in [0.05, 0.1) is 0 Å². The van der Waals surface area contributed by atoms with Crippen molar-refractivity contribution in [3.05, 3.63) is 30.3 Å². The van der Waals surface area contributed by atoms with Crippen LogP contribution >= 0.6 is 0 Å². The number of nitrogens with zero attached hydrogens (tertiary/aromatic N) is 1. The van der Waals surface area contributed by atoms with E-state index in [0.29, 0.717) is 5.91 Å². The van der Waals surface area contributed by atoms with E-state index in [4.69, 9.17) is 0 Å². The van der Waals surface area contributed by atoms with E-state index in [9.17, 15) is 4.79 Å². The van der Waals surface area contributed by atoms with Gasteiger partial charge in [0.2, 0.25) is 5.91 Å². The van der Waals surface area contributed by atoms with Crippen LogP contribution in [-0.4, -0.2) is 29.9 Å². The zero-order valence-corrected chi connectivity index (χ0v) is 16.7. The molecule has 1 aliphatic rings. The van der Waals surface area contributed by atoms with E-state index in [0.717, 1.165) is 44.5 Å². The topological polar surface area (TPSA) is 32.3 Å². The summed E-state index contributed by atoms with van der Waals surface area (Å²) in [5, 5.41) is 3.49. The molecule has 146 valence electrons. The summed E-state index contributed by atoms with van der Waals surface area (Å²) in [6.07, 6.45) is 15.1. The van der Waals surface area contributed by atoms with Crippen LogP contribution in [0.5, 0.6) is 0 Å². The molecule has 1 fully saturated rings. The normalized spacial score (nSPS) is 15.2. The van der Waals surface area contributed by atoms with Gasteiger partial charge in [0, 0.05) is 18.8 Å². The summed E-state index contributed by atoms with van der Waals surface area (Å²) in [7, 11) is 0. The van der Waals surface area contributed by atoms with Gasteiger partial charge in [-0.05, 0) is 31.4 Å². The fourth-order valence-corrected chi connectivity index (χ4v) is 3.81. The summed E-state index contributed by atoms with van der Waals surface area (Å²) in [6.45, 7) is 4.14. The maximum absolute atomic E-state index is 12.9. The summed E-state index contributed by atoms with van der Waals surface area (Å²) in [6, 6.07) is 10.1. The highest BCUT2D eigenvalue weighted by atomic mass is 16.2. The zero-order chi connectivity index (χ0) is 18.5. The lowest BCUT2D eigenvalue weighted by atomic mass is 10.0. The summed E-state index contributed by atoms with van der Waals surface area (Å²) < 4.78 is 0. The van der Waals surface area contributed by atoms with Gasteiger partial charge in [-0.25, -0.2) is 0 Å². The predicted octanol–water partition coefficient (Wildman–Crippen LogP) is 6.01. The molecular formula is C23H38N2O. The van der Waals surface area contributed by atoms with Crippen molar-refractivity contribution in [3.8, 4) is 0 Å². The van der Waals surface area contributed by atoms with Crippen molar-refractivity contribution in [1.82, 2.24) is 4.90 Å². The van der Waals surface area contributed by atoms with Crippen LogP contribution in [0.25, 0.3) is 0 Å². The Balaban J connectivity index is 1.70. The molecule has 1 amide bonds. The fraction of sp³-hybridized carbons (Fsp3) is 0.696. The molecule has 1 aromatic rings. The Morgan fingerprint density at radius 3 is 2.12 bits per heavy atom. The van der Waals surface area contributed by atoms with Gasteiger partial charge in [-0.2, -0.15) is 0 Å². The monoisotopic (exact) mass is 358 g/mol. The second-order valence-electron chi connectivity index (χ2n) is 7.71. The predicted molar refractivity (Wildman–Crippen MR) is 112 cm³/mol. The van der Waals surface area contributed by atoms with Crippen molar-refractivity contribution < 1.29 is 4.79 Å². The summed E-state index contributed by atoms with van der Waals surface area (Å²) in [5.41, 5.74) is 1.06. The highest BCUT2D eigenvalue weighted by Gasteiger charge is 2.25. The number of hydrogen-bond donors (Lipinski definition) is 1. The number of carbonyl (C=O) groups excluding carboxylic acids is 1. The molecule has 3 nitrogen and oxygen atoms in total. The molecular weight excluding hydrogens is 320 g/mol. The minimum absolute atomic E-state index is 0.0694. The molecule has 0 spiro atoms. The van der Waals surface area contributed by atoms with Crippen molar-refractivity contribution in [2.45, 2.75) is 90.0 Å². The van der Waals surface area contributed by atoms with Gasteiger partial charge in [0.1, 0.15) is 6.04 Å². The Kier molecular flexibility index (Phi) is 10.2. The first-order valence-corrected chi connectivity index (χ1v) is 10.9. The number of nitrogens with one attached hydrogen (secondary N) is 1. The Hall–Kier alpha value is -1.51. The first-order valence-electron chi connectivity index (χ1n) is 10.9. The van der Waals surface area contributed by atoms with E-state index in [1.807, 2.05) is 23.1 Å². The molecule has 0 unspecified atom stereocenters. The lowest BCUT2D eigenvalue weighted by molar-refractivity contribution is -0.131. The number of anilines is 1. The van der Waals surface area contributed by atoms with Crippen molar-refractivity contribution in [2.24, 2.45) is 0 Å². The van der Waals surface area contributed by atoms with Crippen LogP contribution in [-0.2, 0) is 4.79 Å². The van der Waals surface area contributed by atoms with Gasteiger partial charge in [0.25, 0.3) is 0 Å². The maximum Gasteiger partial charge on any atom is 0.245 e. The van der Waals surface area contributed by atoms with Crippen LogP contribution in [0.4, 0.5) is 5.69 Å². The molecule has 3 heteroatoms. The van der Waals surface area contributed by atoms with Gasteiger partial charge < -0.3 is 10.2 Å². The summed E-state index contributed by atoms with van der Waals surface area (Å²) >= 11 is 0. The van der Waals surface area contributed by atoms with Crippen molar-refractivity contribution in [1.29, 1.82) is 0 Å². The molecule has 0 radical (unpaired) electrons. The molecule has 1 aliphatic heterocycles. The lowest BCUT2D eigenvalue weighted by Gasteiger charge is -2.25. The van der Waals surface area contributed by atoms with Gasteiger partial charge in [-0.15, -0.1) is 0 Å². The molecule has 1 atom stereocenters. The number of carbonyl (C=O) groups is 1. The van der Waals surface area contributed by atoms with Crippen LogP contribution in [0.1, 0.15) is 84.0 Å². The SMILES string of the molecule is CCCCCCCCCCC[C@@H](Nc1ccccc1)C(=O)N1CCCC1. The van der Waals surface area contributed by atoms with Crippen molar-refractivity contribution in [2.75, 3.05) is 18.4 Å². The van der Waals surface area contributed by atoms with E-state index in [2.05, 4.69) is 24.4 Å². The smallest absolute Gasteiger partial charge is 0.245 e. The van der Waals surface area contributed by atoms with Crippen LogP contribution < -0.4 is 5.32 Å². The number of para-hydroxylation sites is 1. The zero-order valence-electron chi connectivity index (χ0n) is 16.7. The highest BCUT2D eigenvalue weighted by molar-refractivity contribution is 5.84. The van der Waals surface area contributed by atoms with E-state index in [-0.39, 0.29) is 6.04 Å². The number of hydrogen-bond acceptors (Lipinski definition) is 2. The lowest BCUT2D eigenvalue weighted by Crippen LogP contribution is -2.41. The van der Waals surface area contributed by atoms with E-state index in [1.165, 1.54) is 51.4 Å². The maximum atomic E-state index is 12.9. The first kappa shape index (κ1) is 20.8. The molecule has 1 saturated heterocycles. The van der Waals surface area contributed by atoms with Crippen molar-refractivity contribution in [3.63, 3.8) is 0 Å². The van der Waals surface area contributed by atoms with E-state index in [1.54, 1.807) is 0 Å². The van der Waals surface area contributed by atoms with Crippen LogP contribution in [0.2, 0.25) is 0 Å². The molecule has 26 heavy (non-hydrogen) atoms. The number of likely N-dealkylation sites (tertiary alicyclic amines) is 1. The Bertz CT molecular complexity index is 482. The molecule has 1 aromatic carbocycles. The highest BCUT2D eigenvalue weighted by Crippen LogP contribution is 2.18. The van der Waals surface area contributed by atoms with E-state index < -0.39 is 0 Å². The van der Waals surface area contributed by atoms with Gasteiger partial charge in [-0.1, -0.05) is 82.9 Å². The summed E-state index contributed by atoms with van der Waals surface area (Å²) in [4.78, 5) is 14.9. The molecule has 2 rings (SSSR count). The Labute approximate surface area is 160 Å². The average molecular weight is 359 g/mol. The van der Waals surface area contributed by atoms with Gasteiger partial charge in [-0.3, -0.25) is 4.79 Å². The third kappa shape index (κ3) is 7.80. The third-order valence-corrected chi connectivity index (χ3v) is 5.43. The molecule has 0 saturated carbocycles. The van der Waals surface area contributed by atoms with Gasteiger partial charge in [0.15, 0.2) is 0 Å². The molecule has 0 aromatic heterocycles.